The molecule has 0 bridgehead atoms. The Hall–Kier alpha value is 0.314. The van der Waals surface area contributed by atoms with Crippen LogP contribution in [0, 0.1) is 0 Å². The molecule has 1 saturated carbocycles. The lowest BCUT2D eigenvalue weighted by Crippen LogP contribution is -2.80. The quantitative estimate of drug-likeness (QED) is 0.626. The highest BCUT2D eigenvalue weighted by molar-refractivity contribution is 6.91. The van der Waals surface area contributed by atoms with Crippen molar-refractivity contribution in [2.24, 2.45) is 0 Å². The van der Waals surface area contributed by atoms with Gasteiger partial charge in [0.25, 0.3) is 8.56 Å². The van der Waals surface area contributed by atoms with Gasteiger partial charge in [-0.2, -0.15) is 0 Å². The van der Waals surface area contributed by atoms with Crippen molar-refractivity contribution in [2.75, 3.05) is 20.6 Å². The van der Waals surface area contributed by atoms with Crippen molar-refractivity contribution in [2.45, 2.75) is 83.5 Å². The Morgan fingerprint density at radius 2 is 1.33 bits per heavy atom. The van der Waals surface area contributed by atoms with Gasteiger partial charge in [0.15, 0.2) is 0 Å². The van der Waals surface area contributed by atoms with Crippen molar-refractivity contribution in [3.8, 4) is 0 Å². The van der Waals surface area contributed by atoms with Crippen LogP contribution in [-0.4, -0.2) is 41.7 Å². The Balaban J connectivity index is 3.20. The first-order valence-electron chi connectivity index (χ1n) is 9.26. The summed E-state index contributed by atoms with van der Waals surface area (Å²) in [5.41, 5.74) is 0.873. The van der Waals surface area contributed by atoms with Crippen LogP contribution in [0.1, 0.15) is 59.8 Å². The van der Waals surface area contributed by atoms with Crippen molar-refractivity contribution in [1.29, 1.82) is 0 Å². The minimum absolute atomic E-state index is 0.873. The number of nitrogens with zero attached hydrogens (tertiary/aromatic N) is 1. The lowest BCUT2D eigenvalue weighted by molar-refractivity contribution is 0.445. The molecular formula is C16H39N3Si2. The molecular weight excluding hydrogens is 290 g/mol. The second-order valence-corrected chi connectivity index (χ2v) is 16.1. The zero-order chi connectivity index (χ0) is 15.9. The fraction of sp³-hybridized carbons (Fsp3) is 1.00. The molecule has 0 atom stereocenters. The van der Waals surface area contributed by atoms with Crippen LogP contribution in [-0.2, 0) is 0 Å². The maximum atomic E-state index is 3.88. The highest BCUT2D eigenvalue weighted by Crippen LogP contribution is 2.39. The average Bonchev–Trinajstić information content (AvgIpc) is 2.57. The smallest absolute Gasteiger partial charge is 0.280 e. The third kappa shape index (κ3) is 3.63. The van der Waals surface area contributed by atoms with Crippen molar-refractivity contribution in [3.05, 3.63) is 0 Å². The molecule has 126 valence electrons. The maximum absolute atomic E-state index is 3.88. The number of rotatable bonds is 9. The van der Waals surface area contributed by atoms with Gasteiger partial charge >= 0.3 is 0 Å². The van der Waals surface area contributed by atoms with E-state index in [-0.39, 0.29) is 0 Å². The second kappa shape index (κ2) is 8.82. The first kappa shape index (κ1) is 19.4. The second-order valence-electron chi connectivity index (χ2n) is 6.63. The lowest BCUT2D eigenvalue weighted by Gasteiger charge is -2.54. The van der Waals surface area contributed by atoms with Crippen molar-refractivity contribution in [1.82, 2.24) is 14.2 Å². The molecule has 2 N–H and O–H groups in total. The summed E-state index contributed by atoms with van der Waals surface area (Å²) >= 11 is 0. The molecule has 1 aliphatic rings. The van der Waals surface area contributed by atoms with Crippen LogP contribution in [0.2, 0.25) is 23.7 Å². The van der Waals surface area contributed by atoms with E-state index in [0.29, 0.717) is 0 Å². The SMILES string of the molecule is CCN([Si](CC)(CC)CC)[Si](NC)(NC)C1CCCCC1. The third-order valence-corrected chi connectivity index (χ3v) is 18.6. The van der Waals surface area contributed by atoms with E-state index < -0.39 is 16.8 Å². The van der Waals surface area contributed by atoms with Crippen molar-refractivity contribution in [3.63, 3.8) is 0 Å². The zero-order valence-corrected chi connectivity index (χ0v) is 17.4. The minimum atomic E-state index is -1.78. The lowest BCUT2D eigenvalue weighted by atomic mass is 10.0. The predicted octanol–water partition coefficient (Wildman–Crippen LogP) is 4.03. The van der Waals surface area contributed by atoms with Crippen LogP contribution >= 0.6 is 0 Å². The van der Waals surface area contributed by atoms with Crippen molar-refractivity contribution < 1.29 is 0 Å². The summed E-state index contributed by atoms with van der Waals surface area (Å²) in [6.07, 6.45) is 7.15. The fourth-order valence-corrected chi connectivity index (χ4v) is 17.6. The maximum Gasteiger partial charge on any atom is 0.280 e. The van der Waals surface area contributed by atoms with Crippen LogP contribution in [0.4, 0.5) is 0 Å². The summed E-state index contributed by atoms with van der Waals surface area (Å²) in [4.78, 5) is 7.77. The molecule has 0 heterocycles. The number of nitrogens with one attached hydrogen (secondary N) is 2. The van der Waals surface area contributed by atoms with Crippen LogP contribution in [0.25, 0.3) is 0 Å². The average molecular weight is 330 g/mol. The molecule has 0 aromatic rings. The predicted molar refractivity (Wildman–Crippen MR) is 100 cm³/mol. The van der Waals surface area contributed by atoms with Gasteiger partial charge in [-0.15, -0.1) is 0 Å². The largest absolute Gasteiger partial charge is 0.321 e. The molecule has 5 heteroatoms. The standard InChI is InChI=1S/C16H39N3Si2/c1-7-19(20(8-2,9-3)10-4)21(17-5,18-6)16-14-12-11-13-15-16/h16-18H,7-15H2,1-6H3. The Labute approximate surface area is 135 Å². The van der Waals surface area contributed by atoms with E-state index in [0.717, 1.165) is 5.54 Å². The van der Waals surface area contributed by atoms with E-state index in [1.807, 2.05) is 0 Å². The molecule has 0 amide bonds. The molecule has 1 aliphatic carbocycles. The van der Waals surface area contributed by atoms with Gasteiger partial charge < -0.3 is 14.2 Å². The van der Waals surface area contributed by atoms with Crippen LogP contribution < -0.4 is 9.96 Å². The summed E-state index contributed by atoms with van der Waals surface area (Å²) in [6.45, 7) is 10.9. The minimum Gasteiger partial charge on any atom is -0.321 e. The number of hydrogen-bond acceptors (Lipinski definition) is 3. The molecule has 0 aliphatic heterocycles. The Morgan fingerprint density at radius 3 is 1.67 bits per heavy atom. The monoisotopic (exact) mass is 329 g/mol. The molecule has 0 unspecified atom stereocenters. The van der Waals surface area contributed by atoms with E-state index in [4.69, 9.17) is 0 Å². The van der Waals surface area contributed by atoms with Gasteiger partial charge in [0.1, 0.15) is 8.24 Å². The Kier molecular flexibility index (Phi) is 8.13. The van der Waals surface area contributed by atoms with Gasteiger partial charge in [-0.25, -0.2) is 0 Å². The Morgan fingerprint density at radius 1 is 0.857 bits per heavy atom. The van der Waals surface area contributed by atoms with E-state index in [1.54, 1.807) is 0 Å². The van der Waals surface area contributed by atoms with Gasteiger partial charge in [0, 0.05) is 0 Å². The molecule has 21 heavy (non-hydrogen) atoms. The highest BCUT2D eigenvalue weighted by atomic mass is 28.4. The molecule has 3 nitrogen and oxygen atoms in total. The van der Waals surface area contributed by atoms with Crippen molar-refractivity contribution >= 4 is 16.8 Å². The highest BCUT2D eigenvalue weighted by Gasteiger charge is 2.52. The molecule has 0 spiro atoms. The topological polar surface area (TPSA) is 27.3 Å². The van der Waals surface area contributed by atoms with E-state index in [2.05, 4.69) is 56.0 Å². The third-order valence-electron chi connectivity index (χ3n) is 6.25. The fourth-order valence-electron chi connectivity index (χ4n) is 4.83. The number of hydrogen-bond donors (Lipinski definition) is 2. The van der Waals surface area contributed by atoms with Gasteiger partial charge in [-0.05, 0) is 57.2 Å². The van der Waals surface area contributed by atoms with E-state index >= 15 is 0 Å². The Bertz CT molecular complexity index is 277. The van der Waals surface area contributed by atoms with Crippen LogP contribution in [0.15, 0.2) is 0 Å². The van der Waals surface area contributed by atoms with Crippen LogP contribution in [0.5, 0.6) is 0 Å². The summed E-state index contributed by atoms with van der Waals surface area (Å²) < 4.78 is 3.02. The van der Waals surface area contributed by atoms with Gasteiger partial charge in [-0.3, -0.25) is 0 Å². The molecule has 1 fully saturated rings. The van der Waals surface area contributed by atoms with Gasteiger partial charge in [0.05, 0.1) is 0 Å². The summed E-state index contributed by atoms with van der Waals surface area (Å²) in [7, 11) is 1.33. The van der Waals surface area contributed by atoms with Gasteiger partial charge in [0.2, 0.25) is 0 Å². The molecule has 0 radical (unpaired) electrons. The van der Waals surface area contributed by atoms with Crippen LogP contribution in [0.3, 0.4) is 0 Å². The van der Waals surface area contributed by atoms with E-state index in [1.165, 1.54) is 56.8 Å². The van der Waals surface area contributed by atoms with E-state index in [9.17, 15) is 0 Å². The molecule has 1 rings (SSSR count). The van der Waals surface area contributed by atoms with Gasteiger partial charge in [-0.1, -0.05) is 47.0 Å². The summed E-state index contributed by atoms with van der Waals surface area (Å²) in [5.74, 6) is 0. The molecule has 0 saturated heterocycles. The summed E-state index contributed by atoms with van der Waals surface area (Å²) in [5, 5.41) is 0. The molecule has 0 aromatic heterocycles. The normalized spacial score (nSPS) is 18.4. The first-order valence-corrected chi connectivity index (χ1v) is 13.9. The molecule has 0 aromatic carbocycles. The zero-order valence-electron chi connectivity index (χ0n) is 15.4. The summed E-state index contributed by atoms with van der Waals surface area (Å²) in [6, 6.07) is 4.16. The first-order chi connectivity index (χ1) is 10.1.